The van der Waals surface area contributed by atoms with Gasteiger partial charge in [0.15, 0.2) is 5.58 Å². The van der Waals surface area contributed by atoms with Crippen LogP contribution in [0.4, 0.5) is 11.4 Å². The third-order valence-corrected chi connectivity index (χ3v) is 9.79. The van der Waals surface area contributed by atoms with E-state index in [-0.39, 0.29) is 0 Å². The minimum Gasteiger partial charge on any atom is -0.454 e. The number of nitrogens with zero attached hydrogens (tertiary/aromatic N) is 1. The second-order valence-corrected chi connectivity index (χ2v) is 12.6. The highest BCUT2D eigenvalue weighted by molar-refractivity contribution is 6.20. The van der Waals surface area contributed by atoms with E-state index >= 15 is 0 Å². The first-order valence-corrected chi connectivity index (χ1v) is 16.7. The van der Waals surface area contributed by atoms with Gasteiger partial charge in [-0.1, -0.05) is 121 Å². The van der Waals surface area contributed by atoms with Crippen molar-refractivity contribution in [2.45, 2.75) is 0 Å². The summed E-state index contributed by atoms with van der Waals surface area (Å²) in [4.78, 5) is 0. The van der Waals surface area contributed by atoms with E-state index in [2.05, 4.69) is 186 Å². The van der Waals surface area contributed by atoms with Crippen LogP contribution in [0.5, 0.6) is 0 Å². The lowest BCUT2D eigenvalue weighted by Crippen LogP contribution is -1.92. The van der Waals surface area contributed by atoms with Crippen molar-refractivity contribution in [3.8, 4) is 27.9 Å². The molecule has 1 N–H and O–H groups in total. The smallest absolute Gasteiger partial charge is 0.158 e. The number of hydrogen-bond acceptors (Lipinski definition) is 2. The first-order chi connectivity index (χ1) is 24.3. The van der Waals surface area contributed by atoms with Crippen molar-refractivity contribution in [2.75, 3.05) is 5.32 Å². The molecule has 3 heteroatoms. The van der Waals surface area contributed by atoms with Gasteiger partial charge in [-0.2, -0.15) is 0 Å². The fourth-order valence-corrected chi connectivity index (χ4v) is 7.43. The number of fused-ring (bicyclic) bond motifs is 8. The van der Waals surface area contributed by atoms with Crippen molar-refractivity contribution < 1.29 is 4.42 Å². The van der Waals surface area contributed by atoms with E-state index in [0.717, 1.165) is 33.3 Å². The van der Waals surface area contributed by atoms with E-state index in [0.29, 0.717) is 0 Å². The van der Waals surface area contributed by atoms with Crippen LogP contribution in [0.3, 0.4) is 0 Å². The number of para-hydroxylation sites is 3. The molecule has 10 rings (SSSR count). The van der Waals surface area contributed by atoms with Gasteiger partial charge in [0.1, 0.15) is 5.58 Å². The van der Waals surface area contributed by atoms with Gasteiger partial charge < -0.3 is 14.3 Å². The van der Waals surface area contributed by atoms with Gasteiger partial charge in [0, 0.05) is 32.9 Å². The molecule has 0 saturated heterocycles. The standard InChI is InChI=1S/C46H30N2O/c1-2-10-36(11-3-1)48-42-16-7-6-13-38(42)40-29-34(23-27-43(40)48)32-19-17-30(18-20-32)31-21-25-35(26-22-31)47-41-15-8-14-39-45-37-12-5-4-9-33(37)24-28-44(45)49-46(39)41/h1-29,47H. The van der Waals surface area contributed by atoms with Crippen LogP contribution in [0.2, 0.25) is 0 Å². The van der Waals surface area contributed by atoms with E-state index in [1.807, 2.05) is 0 Å². The Kier molecular flexibility index (Phi) is 6.18. The number of anilines is 2. The zero-order valence-electron chi connectivity index (χ0n) is 26.6. The Labute approximate surface area is 283 Å². The number of furan rings is 1. The number of rotatable bonds is 5. The van der Waals surface area contributed by atoms with E-state index in [1.54, 1.807) is 0 Å². The molecule has 0 spiro atoms. The molecule has 8 aromatic carbocycles. The van der Waals surface area contributed by atoms with Gasteiger partial charge in [0.2, 0.25) is 0 Å². The molecule has 0 saturated carbocycles. The number of benzene rings is 8. The Morgan fingerprint density at radius 3 is 1.88 bits per heavy atom. The van der Waals surface area contributed by atoms with Gasteiger partial charge >= 0.3 is 0 Å². The summed E-state index contributed by atoms with van der Waals surface area (Å²) in [6, 6.07) is 62.6. The fourth-order valence-electron chi connectivity index (χ4n) is 7.43. The summed E-state index contributed by atoms with van der Waals surface area (Å²) in [5.41, 5.74) is 12.1. The summed E-state index contributed by atoms with van der Waals surface area (Å²) < 4.78 is 8.76. The molecule has 0 bridgehead atoms. The molecule has 49 heavy (non-hydrogen) atoms. The average molecular weight is 627 g/mol. The lowest BCUT2D eigenvalue weighted by atomic mass is 9.99. The van der Waals surface area contributed by atoms with Gasteiger partial charge in [-0.15, -0.1) is 0 Å². The van der Waals surface area contributed by atoms with Gasteiger partial charge in [-0.3, -0.25) is 0 Å². The minimum absolute atomic E-state index is 0.872. The highest BCUT2D eigenvalue weighted by Crippen LogP contribution is 2.39. The van der Waals surface area contributed by atoms with E-state index in [4.69, 9.17) is 4.42 Å². The van der Waals surface area contributed by atoms with Crippen LogP contribution < -0.4 is 5.32 Å². The maximum absolute atomic E-state index is 6.41. The summed E-state index contributed by atoms with van der Waals surface area (Å²) in [5.74, 6) is 0. The van der Waals surface area contributed by atoms with E-state index < -0.39 is 0 Å². The lowest BCUT2D eigenvalue weighted by molar-refractivity contribution is 0.670. The predicted molar refractivity (Wildman–Crippen MR) is 206 cm³/mol. The zero-order valence-corrected chi connectivity index (χ0v) is 26.6. The highest BCUT2D eigenvalue weighted by atomic mass is 16.3. The quantitative estimate of drug-likeness (QED) is 0.206. The Bertz CT molecular complexity index is 2820. The maximum atomic E-state index is 6.41. The van der Waals surface area contributed by atoms with Crippen LogP contribution in [0.1, 0.15) is 0 Å². The maximum Gasteiger partial charge on any atom is 0.158 e. The molecule has 0 aliphatic carbocycles. The van der Waals surface area contributed by atoms with Crippen LogP contribution >= 0.6 is 0 Å². The summed E-state index contributed by atoms with van der Waals surface area (Å²) in [7, 11) is 0. The molecule has 2 heterocycles. The van der Waals surface area contributed by atoms with Crippen molar-refractivity contribution in [2.24, 2.45) is 0 Å². The van der Waals surface area contributed by atoms with Crippen molar-refractivity contribution in [3.63, 3.8) is 0 Å². The molecule has 0 atom stereocenters. The first-order valence-electron chi connectivity index (χ1n) is 16.7. The Hall–Kier alpha value is -6.58. The second kappa shape index (κ2) is 11.0. The lowest BCUT2D eigenvalue weighted by Gasteiger charge is -2.10. The molecule has 0 aliphatic rings. The molecule has 2 aromatic heterocycles. The van der Waals surface area contributed by atoms with Crippen LogP contribution in [0.25, 0.3) is 82.5 Å². The monoisotopic (exact) mass is 626 g/mol. The van der Waals surface area contributed by atoms with Crippen LogP contribution in [0, 0.1) is 0 Å². The third kappa shape index (κ3) is 4.51. The molecule has 0 aliphatic heterocycles. The van der Waals surface area contributed by atoms with Crippen molar-refractivity contribution in [1.82, 2.24) is 4.57 Å². The van der Waals surface area contributed by atoms with E-state index in [1.165, 1.54) is 60.5 Å². The SMILES string of the molecule is c1ccc(-n2c3ccccc3c3cc(-c4ccc(-c5ccc(Nc6cccc7c6oc6ccc8ccccc8c67)cc5)cc4)ccc32)cc1. The normalized spacial score (nSPS) is 11.7. The summed E-state index contributed by atoms with van der Waals surface area (Å²) >= 11 is 0. The predicted octanol–water partition coefficient (Wildman–Crippen LogP) is 12.9. The van der Waals surface area contributed by atoms with Crippen molar-refractivity contribution in [3.05, 3.63) is 176 Å². The first kappa shape index (κ1) is 27.5. The van der Waals surface area contributed by atoms with Gasteiger partial charge in [-0.25, -0.2) is 0 Å². The van der Waals surface area contributed by atoms with Crippen molar-refractivity contribution in [1.29, 1.82) is 0 Å². The molecule has 3 nitrogen and oxygen atoms in total. The largest absolute Gasteiger partial charge is 0.454 e. The van der Waals surface area contributed by atoms with Gasteiger partial charge in [0.25, 0.3) is 0 Å². The highest BCUT2D eigenvalue weighted by Gasteiger charge is 2.15. The molecular weight excluding hydrogens is 597 g/mol. The van der Waals surface area contributed by atoms with E-state index in [9.17, 15) is 0 Å². The van der Waals surface area contributed by atoms with Crippen molar-refractivity contribution >= 4 is 65.9 Å². The fraction of sp³-hybridized carbons (Fsp3) is 0. The number of aromatic nitrogens is 1. The molecular formula is C46H30N2O. The Balaban J connectivity index is 0.939. The molecule has 0 fully saturated rings. The summed E-state index contributed by atoms with van der Waals surface area (Å²) in [6.07, 6.45) is 0. The van der Waals surface area contributed by atoms with Crippen LogP contribution in [0.15, 0.2) is 180 Å². The molecule has 0 radical (unpaired) electrons. The summed E-state index contributed by atoms with van der Waals surface area (Å²) in [6.45, 7) is 0. The second-order valence-electron chi connectivity index (χ2n) is 12.6. The van der Waals surface area contributed by atoms with Crippen LogP contribution in [-0.2, 0) is 0 Å². The average Bonchev–Trinajstić information content (AvgIpc) is 3.72. The Morgan fingerprint density at radius 2 is 1.06 bits per heavy atom. The molecule has 230 valence electrons. The number of nitrogens with one attached hydrogen (secondary N) is 1. The zero-order chi connectivity index (χ0) is 32.3. The molecule has 0 unspecified atom stereocenters. The van der Waals surface area contributed by atoms with Crippen LogP contribution in [-0.4, -0.2) is 4.57 Å². The summed E-state index contributed by atoms with van der Waals surface area (Å²) in [5, 5.41) is 10.8. The minimum atomic E-state index is 0.872. The topological polar surface area (TPSA) is 30.1 Å². The molecule has 0 amide bonds. The van der Waals surface area contributed by atoms with Gasteiger partial charge in [-0.05, 0) is 87.6 Å². The third-order valence-electron chi connectivity index (χ3n) is 9.79. The number of hydrogen-bond donors (Lipinski definition) is 1. The van der Waals surface area contributed by atoms with Gasteiger partial charge in [0.05, 0.1) is 16.7 Å². The Morgan fingerprint density at radius 1 is 0.429 bits per heavy atom. The molecule has 10 aromatic rings.